The predicted octanol–water partition coefficient (Wildman–Crippen LogP) is 3.39. The normalized spacial score (nSPS) is 14.6. The van der Waals surface area contributed by atoms with E-state index in [1.54, 1.807) is 59.2 Å². The van der Waals surface area contributed by atoms with Gasteiger partial charge in [-0.2, -0.15) is 0 Å². The lowest BCUT2D eigenvalue weighted by Gasteiger charge is -2.34. The van der Waals surface area contributed by atoms with Crippen molar-refractivity contribution in [2.24, 2.45) is 0 Å². The number of fused-ring (bicyclic) bond motifs is 1. The monoisotopic (exact) mass is 383 g/mol. The van der Waals surface area contributed by atoms with E-state index < -0.39 is 0 Å². The summed E-state index contributed by atoms with van der Waals surface area (Å²) < 4.78 is 5.45. The summed E-state index contributed by atoms with van der Waals surface area (Å²) >= 11 is 5.87. The number of halogens is 1. The van der Waals surface area contributed by atoms with E-state index in [4.69, 9.17) is 16.0 Å². The first-order chi connectivity index (χ1) is 13.0. The summed E-state index contributed by atoms with van der Waals surface area (Å²) in [5.74, 6) is 0.471. The van der Waals surface area contributed by atoms with Crippen molar-refractivity contribution in [3.05, 3.63) is 64.5 Å². The number of aryl methyl sites for hydroxylation is 1. The van der Waals surface area contributed by atoms with Crippen LogP contribution in [0.15, 0.2) is 46.9 Å². The van der Waals surface area contributed by atoms with Gasteiger partial charge in [0, 0.05) is 49.3 Å². The molecular weight excluding hydrogens is 366 g/mol. The van der Waals surface area contributed by atoms with Crippen molar-refractivity contribution in [3.63, 3.8) is 0 Å². The van der Waals surface area contributed by atoms with Gasteiger partial charge in [-0.3, -0.25) is 9.59 Å². The molecule has 0 radical (unpaired) electrons. The molecule has 1 aromatic heterocycles. The third-order valence-electron chi connectivity index (χ3n) is 4.69. The molecule has 2 amide bonds. The van der Waals surface area contributed by atoms with Crippen molar-refractivity contribution < 1.29 is 14.0 Å². The Kier molecular flexibility index (Phi) is 4.58. The number of carbonyl (C=O) groups is 2. The average molecular weight is 384 g/mol. The molecule has 7 heteroatoms. The van der Waals surface area contributed by atoms with Gasteiger partial charge < -0.3 is 14.2 Å². The third-order valence-corrected chi connectivity index (χ3v) is 4.94. The number of hydrogen-bond donors (Lipinski definition) is 0. The lowest BCUT2D eigenvalue weighted by Crippen LogP contribution is -2.50. The molecule has 6 nitrogen and oxygen atoms in total. The SMILES string of the molecule is Cc1nc2cc(C(=O)N3CCN(C(=O)c4ccc(Cl)cc4)CC3)ccc2o1. The molecule has 27 heavy (non-hydrogen) atoms. The van der Waals surface area contributed by atoms with Gasteiger partial charge >= 0.3 is 0 Å². The first-order valence-electron chi connectivity index (χ1n) is 8.72. The number of aromatic nitrogens is 1. The number of oxazole rings is 1. The molecule has 0 saturated carbocycles. The summed E-state index contributed by atoms with van der Waals surface area (Å²) in [5.41, 5.74) is 2.52. The van der Waals surface area contributed by atoms with E-state index in [0.717, 1.165) is 0 Å². The first kappa shape index (κ1) is 17.5. The number of carbonyl (C=O) groups excluding carboxylic acids is 2. The van der Waals surface area contributed by atoms with Crippen LogP contribution in [0.5, 0.6) is 0 Å². The predicted molar refractivity (Wildman–Crippen MR) is 102 cm³/mol. The first-order valence-corrected chi connectivity index (χ1v) is 9.10. The van der Waals surface area contributed by atoms with Crippen LogP contribution in [-0.2, 0) is 0 Å². The van der Waals surface area contributed by atoms with E-state index in [1.807, 2.05) is 0 Å². The highest BCUT2D eigenvalue weighted by Crippen LogP contribution is 2.19. The highest BCUT2D eigenvalue weighted by atomic mass is 35.5. The molecule has 1 aliphatic rings. The van der Waals surface area contributed by atoms with Gasteiger partial charge in [0.2, 0.25) is 0 Å². The Bertz CT molecular complexity index is 1000. The average Bonchev–Trinajstić information content (AvgIpc) is 3.07. The second-order valence-electron chi connectivity index (χ2n) is 6.51. The molecule has 3 aromatic rings. The van der Waals surface area contributed by atoms with Crippen LogP contribution in [0, 0.1) is 6.92 Å². The Labute approximate surface area is 161 Å². The summed E-state index contributed by atoms with van der Waals surface area (Å²) in [7, 11) is 0. The number of piperazine rings is 1. The summed E-state index contributed by atoms with van der Waals surface area (Å²) in [6.07, 6.45) is 0. The molecular formula is C20H18ClN3O3. The molecule has 0 spiro atoms. The highest BCUT2D eigenvalue weighted by Gasteiger charge is 2.25. The van der Waals surface area contributed by atoms with Crippen LogP contribution >= 0.6 is 11.6 Å². The minimum Gasteiger partial charge on any atom is -0.441 e. The van der Waals surface area contributed by atoms with Crippen molar-refractivity contribution in [1.29, 1.82) is 0 Å². The number of hydrogen-bond acceptors (Lipinski definition) is 4. The fourth-order valence-electron chi connectivity index (χ4n) is 3.25. The molecule has 1 saturated heterocycles. The maximum absolute atomic E-state index is 12.8. The highest BCUT2D eigenvalue weighted by molar-refractivity contribution is 6.30. The minimum atomic E-state index is -0.0591. The smallest absolute Gasteiger partial charge is 0.254 e. The molecule has 0 N–H and O–H groups in total. The largest absolute Gasteiger partial charge is 0.441 e. The van der Waals surface area contributed by atoms with Gasteiger partial charge in [0.05, 0.1) is 0 Å². The number of rotatable bonds is 2. The Balaban J connectivity index is 1.42. The van der Waals surface area contributed by atoms with Gasteiger partial charge in [-0.1, -0.05) is 11.6 Å². The molecule has 138 valence electrons. The lowest BCUT2D eigenvalue weighted by atomic mass is 10.1. The van der Waals surface area contributed by atoms with Crippen LogP contribution in [0.2, 0.25) is 5.02 Å². The van der Waals surface area contributed by atoms with Crippen molar-refractivity contribution >= 4 is 34.5 Å². The van der Waals surface area contributed by atoms with E-state index in [1.165, 1.54) is 0 Å². The van der Waals surface area contributed by atoms with E-state index >= 15 is 0 Å². The molecule has 1 aliphatic heterocycles. The summed E-state index contributed by atoms with van der Waals surface area (Å²) in [4.78, 5) is 33.2. The van der Waals surface area contributed by atoms with Crippen LogP contribution in [-0.4, -0.2) is 52.8 Å². The van der Waals surface area contributed by atoms with Crippen LogP contribution < -0.4 is 0 Å². The molecule has 2 heterocycles. The van der Waals surface area contributed by atoms with E-state index in [9.17, 15) is 9.59 Å². The minimum absolute atomic E-state index is 0.0433. The second kappa shape index (κ2) is 7.04. The zero-order valence-corrected chi connectivity index (χ0v) is 15.6. The maximum Gasteiger partial charge on any atom is 0.254 e. The Hall–Kier alpha value is -2.86. The molecule has 0 unspecified atom stereocenters. The van der Waals surface area contributed by atoms with Crippen LogP contribution in [0.25, 0.3) is 11.1 Å². The van der Waals surface area contributed by atoms with Crippen molar-refractivity contribution in [2.75, 3.05) is 26.2 Å². The zero-order chi connectivity index (χ0) is 19.0. The fourth-order valence-corrected chi connectivity index (χ4v) is 3.37. The van der Waals surface area contributed by atoms with Gasteiger partial charge in [-0.15, -0.1) is 0 Å². The van der Waals surface area contributed by atoms with Crippen LogP contribution in [0.3, 0.4) is 0 Å². The zero-order valence-electron chi connectivity index (χ0n) is 14.8. The van der Waals surface area contributed by atoms with Crippen molar-refractivity contribution in [2.45, 2.75) is 6.92 Å². The van der Waals surface area contributed by atoms with Gasteiger partial charge in [0.15, 0.2) is 11.5 Å². The maximum atomic E-state index is 12.8. The molecule has 1 fully saturated rings. The molecule has 2 aromatic carbocycles. The molecule has 0 aliphatic carbocycles. The van der Waals surface area contributed by atoms with E-state index in [2.05, 4.69) is 4.98 Å². The van der Waals surface area contributed by atoms with E-state index in [-0.39, 0.29) is 11.8 Å². The number of nitrogens with zero attached hydrogens (tertiary/aromatic N) is 3. The quantitative estimate of drug-likeness (QED) is 0.680. The third kappa shape index (κ3) is 3.53. The summed E-state index contributed by atoms with van der Waals surface area (Å²) in [6.45, 7) is 3.76. The van der Waals surface area contributed by atoms with Gasteiger partial charge in [-0.25, -0.2) is 4.98 Å². The molecule has 0 bridgehead atoms. The van der Waals surface area contributed by atoms with Crippen molar-refractivity contribution in [1.82, 2.24) is 14.8 Å². The van der Waals surface area contributed by atoms with Crippen molar-refractivity contribution in [3.8, 4) is 0 Å². The van der Waals surface area contributed by atoms with Gasteiger partial charge in [-0.05, 0) is 42.5 Å². The Morgan fingerprint density at radius 3 is 2.11 bits per heavy atom. The topological polar surface area (TPSA) is 66.7 Å². The van der Waals surface area contributed by atoms with Crippen LogP contribution in [0.1, 0.15) is 26.6 Å². The number of benzene rings is 2. The van der Waals surface area contributed by atoms with Gasteiger partial charge in [0.1, 0.15) is 5.52 Å². The second-order valence-corrected chi connectivity index (χ2v) is 6.94. The Morgan fingerprint density at radius 2 is 1.48 bits per heavy atom. The Morgan fingerprint density at radius 1 is 0.926 bits per heavy atom. The molecule has 0 atom stereocenters. The van der Waals surface area contributed by atoms with Gasteiger partial charge in [0.25, 0.3) is 11.8 Å². The summed E-state index contributed by atoms with van der Waals surface area (Å²) in [5, 5.41) is 0.598. The standard InChI is InChI=1S/C20H18ClN3O3/c1-13-22-17-12-15(4-7-18(17)27-13)20(26)24-10-8-23(9-11-24)19(25)14-2-5-16(21)6-3-14/h2-7,12H,8-11H2,1H3. The van der Waals surface area contributed by atoms with Crippen LogP contribution in [0.4, 0.5) is 0 Å². The summed E-state index contributed by atoms with van der Waals surface area (Å²) in [6, 6.07) is 12.1. The number of amides is 2. The fraction of sp³-hybridized carbons (Fsp3) is 0.250. The van der Waals surface area contributed by atoms with E-state index in [0.29, 0.717) is 59.3 Å². The molecule has 4 rings (SSSR count). The lowest BCUT2D eigenvalue weighted by molar-refractivity contribution is 0.0535.